The Labute approximate surface area is 207 Å². The van der Waals surface area contributed by atoms with Crippen molar-refractivity contribution in [2.75, 3.05) is 13.1 Å². The van der Waals surface area contributed by atoms with Crippen LogP contribution < -0.4 is 4.74 Å². The van der Waals surface area contributed by atoms with E-state index in [1.54, 1.807) is 6.26 Å². The second-order valence-electron chi connectivity index (χ2n) is 10.3. The summed E-state index contributed by atoms with van der Waals surface area (Å²) in [7, 11) is 0. The van der Waals surface area contributed by atoms with Crippen LogP contribution in [-0.2, 0) is 6.54 Å². The molecule has 1 amide bonds. The Bertz CT molecular complexity index is 1190. The van der Waals surface area contributed by atoms with Crippen molar-refractivity contribution in [1.29, 1.82) is 0 Å². The number of piperidine rings is 1. The van der Waals surface area contributed by atoms with Crippen LogP contribution in [0.5, 0.6) is 11.5 Å². The Balaban J connectivity index is 1.32. The number of furan rings is 1. The third-order valence-electron chi connectivity index (χ3n) is 8.46. The first-order valence-corrected chi connectivity index (χ1v) is 13.1. The normalized spacial score (nSPS) is 25.0. The molecule has 2 aromatic carbocycles. The van der Waals surface area contributed by atoms with Gasteiger partial charge in [-0.3, -0.25) is 9.69 Å². The number of carbonyl (C=O) groups is 1. The molecule has 2 saturated heterocycles. The van der Waals surface area contributed by atoms with Gasteiger partial charge in [0.25, 0.3) is 5.91 Å². The third-order valence-corrected chi connectivity index (χ3v) is 8.46. The number of hydrogen-bond acceptors (Lipinski definition) is 4. The highest BCUT2D eigenvalue weighted by atomic mass is 16.5. The molecule has 4 heterocycles. The van der Waals surface area contributed by atoms with Crippen molar-refractivity contribution in [1.82, 2.24) is 9.80 Å². The van der Waals surface area contributed by atoms with Gasteiger partial charge in [0, 0.05) is 59.9 Å². The average molecular weight is 471 g/mol. The lowest BCUT2D eigenvalue weighted by atomic mass is 9.72. The summed E-state index contributed by atoms with van der Waals surface area (Å²) in [6, 6.07) is 17.9. The van der Waals surface area contributed by atoms with Gasteiger partial charge in [-0.15, -0.1) is 0 Å². The number of nitrogens with zero attached hydrogens (tertiary/aromatic N) is 2. The molecular formula is C30H34N2O3. The molecule has 182 valence electrons. The summed E-state index contributed by atoms with van der Waals surface area (Å²) >= 11 is 0. The molecule has 3 aliphatic rings. The second kappa shape index (κ2) is 9.19. The summed E-state index contributed by atoms with van der Waals surface area (Å²) in [6.07, 6.45) is 8.58. The summed E-state index contributed by atoms with van der Waals surface area (Å²) < 4.78 is 11.7. The molecule has 0 spiro atoms. The van der Waals surface area contributed by atoms with Gasteiger partial charge in [0.1, 0.15) is 11.5 Å². The van der Waals surface area contributed by atoms with Crippen LogP contribution in [0.4, 0.5) is 0 Å². The van der Waals surface area contributed by atoms with Crippen LogP contribution >= 0.6 is 0 Å². The minimum Gasteiger partial charge on any atom is -0.472 e. The lowest BCUT2D eigenvalue weighted by Crippen LogP contribution is -2.43. The van der Waals surface area contributed by atoms with E-state index in [-0.39, 0.29) is 5.91 Å². The zero-order chi connectivity index (χ0) is 23.9. The minimum absolute atomic E-state index is 0.0717. The van der Waals surface area contributed by atoms with Gasteiger partial charge in [-0.2, -0.15) is 0 Å². The van der Waals surface area contributed by atoms with E-state index in [2.05, 4.69) is 35.2 Å². The van der Waals surface area contributed by atoms with Crippen molar-refractivity contribution in [3.8, 4) is 11.5 Å². The zero-order valence-electron chi connectivity index (χ0n) is 20.7. The Morgan fingerprint density at radius 2 is 1.71 bits per heavy atom. The van der Waals surface area contributed by atoms with Gasteiger partial charge in [-0.1, -0.05) is 24.3 Å². The number of para-hydroxylation sites is 1. The quantitative estimate of drug-likeness (QED) is 0.416. The maximum Gasteiger partial charge on any atom is 0.253 e. The SMILES string of the molecule is CCN(CC)C(=O)c1ccc2c(c1)Oc1ccccc1C2C1CC2CCC(C1)N2Cc1ccoc1. The molecule has 0 aliphatic carbocycles. The van der Waals surface area contributed by atoms with Crippen LogP contribution in [-0.4, -0.2) is 40.9 Å². The summed E-state index contributed by atoms with van der Waals surface area (Å²) in [5, 5.41) is 0. The molecule has 6 rings (SSSR count). The smallest absolute Gasteiger partial charge is 0.253 e. The van der Waals surface area contributed by atoms with Gasteiger partial charge < -0.3 is 14.1 Å². The van der Waals surface area contributed by atoms with Crippen molar-refractivity contribution >= 4 is 5.91 Å². The first kappa shape index (κ1) is 22.4. The number of rotatable bonds is 6. The highest BCUT2D eigenvalue weighted by Gasteiger charge is 2.45. The molecule has 2 fully saturated rings. The molecule has 1 aromatic heterocycles. The van der Waals surface area contributed by atoms with E-state index in [9.17, 15) is 4.79 Å². The van der Waals surface area contributed by atoms with Gasteiger partial charge in [0.15, 0.2) is 0 Å². The standard InChI is InChI=1S/C30H34N2O3/c1-3-31(4-2)30(33)21-9-12-26-28(17-21)35-27-8-6-5-7-25(27)29(26)22-15-23-10-11-24(16-22)32(23)18-20-13-14-34-19-20/h5-9,12-14,17,19,22-24,29H,3-4,10-11,15-16,18H2,1-2H3. The molecule has 3 aliphatic heterocycles. The molecule has 3 atom stereocenters. The molecule has 35 heavy (non-hydrogen) atoms. The summed E-state index contributed by atoms with van der Waals surface area (Å²) in [5.41, 5.74) is 4.50. The fourth-order valence-electron chi connectivity index (χ4n) is 6.77. The van der Waals surface area contributed by atoms with E-state index in [0.717, 1.165) is 18.0 Å². The second-order valence-corrected chi connectivity index (χ2v) is 10.3. The summed E-state index contributed by atoms with van der Waals surface area (Å²) in [6.45, 7) is 6.44. The molecule has 3 aromatic rings. The molecule has 0 saturated carbocycles. The lowest BCUT2D eigenvalue weighted by molar-refractivity contribution is 0.0772. The van der Waals surface area contributed by atoms with Crippen molar-refractivity contribution in [3.05, 3.63) is 83.3 Å². The number of ether oxygens (including phenoxy) is 1. The van der Waals surface area contributed by atoms with Gasteiger partial charge in [0.2, 0.25) is 0 Å². The first-order valence-electron chi connectivity index (χ1n) is 13.1. The lowest BCUT2D eigenvalue weighted by Gasteiger charge is -2.43. The van der Waals surface area contributed by atoms with Crippen molar-refractivity contribution < 1.29 is 13.9 Å². The Morgan fingerprint density at radius 3 is 2.43 bits per heavy atom. The molecule has 0 radical (unpaired) electrons. The topological polar surface area (TPSA) is 45.9 Å². The fraction of sp³-hybridized carbons (Fsp3) is 0.433. The minimum atomic E-state index is 0.0717. The predicted octanol–water partition coefficient (Wildman–Crippen LogP) is 6.44. The highest BCUT2D eigenvalue weighted by Crippen LogP contribution is 2.53. The van der Waals surface area contributed by atoms with Gasteiger partial charge >= 0.3 is 0 Å². The molecule has 2 bridgehead atoms. The number of carbonyl (C=O) groups excluding carboxylic acids is 1. The number of hydrogen-bond donors (Lipinski definition) is 0. The Morgan fingerprint density at radius 1 is 0.971 bits per heavy atom. The Kier molecular flexibility index (Phi) is 5.89. The predicted molar refractivity (Wildman–Crippen MR) is 136 cm³/mol. The van der Waals surface area contributed by atoms with Crippen LogP contribution in [0.2, 0.25) is 0 Å². The molecule has 5 heteroatoms. The van der Waals surface area contributed by atoms with Crippen LogP contribution in [0.3, 0.4) is 0 Å². The van der Waals surface area contributed by atoms with Crippen LogP contribution in [0.15, 0.2) is 65.5 Å². The first-order chi connectivity index (χ1) is 17.2. The largest absolute Gasteiger partial charge is 0.472 e. The van der Waals surface area contributed by atoms with Crippen LogP contribution in [0.25, 0.3) is 0 Å². The van der Waals surface area contributed by atoms with Crippen LogP contribution in [0.1, 0.15) is 72.5 Å². The van der Waals surface area contributed by atoms with Crippen molar-refractivity contribution in [2.45, 2.75) is 64.1 Å². The molecule has 0 N–H and O–H groups in total. The molecule has 3 unspecified atom stereocenters. The van der Waals surface area contributed by atoms with Gasteiger partial charge in [-0.25, -0.2) is 0 Å². The Hall–Kier alpha value is -3.05. The number of amides is 1. The summed E-state index contributed by atoms with van der Waals surface area (Å²) in [4.78, 5) is 17.6. The average Bonchev–Trinajstić information content (AvgIpc) is 3.47. The van der Waals surface area contributed by atoms with E-state index >= 15 is 0 Å². The maximum atomic E-state index is 13.0. The molecular weight excluding hydrogens is 436 g/mol. The van der Waals surface area contributed by atoms with Crippen LogP contribution in [0, 0.1) is 5.92 Å². The van der Waals surface area contributed by atoms with Gasteiger partial charge in [0.05, 0.1) is 12.5 Å². The van der Waals surface area contributed by atoms with Crippen molar-refractivity contribution in [2.24, 2.45) is 5.92 Å². The number of benzene rings is 2. The third kappa shape index (κ3) is 3.96. The van der Waals surface area contributed by atoms with E-state index < -0.39 is 0 Å². The highest BCUT2D eigenvalue weighted by molar-refractivity contribution is 5.95. The zero-order valence-corrected chi connectivity index (χ0v) is 20.7. The maximum absolute atomic E-state index is 13.0. The molecule has 5 nitrogen and oxygen atoms in total. The van der Waals surface area contributed by atoms with E-state index in [0.29, 0.717) is 42.6 Å². The summed E-state index contributed by atoms with van der Waals surface area (Å²) in [5.74, 6) is 2.71. The monoisotopic (exact) mass is 470 g/mol. The van der Waals surface area contributed by atoms with E-state index in [4.69, 9.17) is 9.15 Å². The van der Waals surface area contributed by atoms with E-state index in [1.807, 2.05) is 43.2 Å². The fourth-order valence-corrected chi connectivity index (χ4v) is 6.77. The van der Waals surface area contributed by atoms with Crippen molar-refractivity contribution in [3.63, 3.8) is 0 Å². The number of fused-ring (bicyclic) bond motifs is 4. The van der Waals surface area contributed by atoms with Gasteiger partial charge in [-0.05, 0) is 69.7 Å². The van der Waals surface area contributed by atoms with E-state index in [1.165, 1.54) is 42.4 Å².